The second kappa shape index (κ2) is 38.2. The molecule has 2 aliphatic carbocycles. The van der Waals surface area contributed by atoms with Crippen LogP contribution in [0.15, 0.2) is 417 Å². The number of benzene rings is 16. The highest BCUT2D eigenvalue weighted by Crippen LogP contribution is 2.57. The molecule has 0 unspecified atom stereocenters. The zero-order chi connectivity index (χ0) is 89.0. The number of hydrogen-bond acceptors (Lipinski definition) is 5. The Kier molecular flexibility index (Phi) is 25.2. The summed E-state index contributed by atoms with van der Waals surface area (Å²) in [7, 11) is -2.47. The van der Waals surface area contributed by atoms with Crippen LogP contribution in [0.4, 0.5) is 0 Å². The number of hydrogen-bond donors (Lipinski definition) is 0. The van der Waals surface area contributed by atoms with Crippen LogP contribution in [0, 0.1) is 48.1 Å². The minimum atomic E-state index is -1.37. The van der Waals surface area contributed by atoms with Gasteiger partial charge < -0.3 is 0 Å². The van der Waals surface area contributed by atoms with Gasteiger partial charge in [-0.1, -0.05) is 340 Å². The van der Waals surface area contributed by atoms with Crippen molar-refractivity contribution < 1.29 is 4.79 Å². The second-order valence-corrected chi connectivity index (χ2v) is 43.5. The van der Waals surface area contributed by atoms with E-state index in [4.69, 9.17) is 39.2 Å². The number of carbonyl (C=O) groups excluding carboxylic acids is 1. The molecule has 2 aliphatic rings. The maximum absolute atomic E-state index is 13.7. The van der Waals surface area contributed by atoms with Gasteiger partial charge in [0.2, 0.25) is 0 Å². The molecule has 9 nitrogen and oxygen atoms in total. The van der Waals surface area contributed by atoms with Gasteiger partial charge in [-0.05, 0) is 179 Å². The number of allylic oxidation sites excluding steroid dienone is 4. The van der Waals surface area contributed by atoms with Gasteiger partial charge in [0.25, 0.3) is 0 Å². The van der Waals surface area contributed by atoms with Crippen LogP contribution in [-0.2, 0) is 4.79 Å². The number of imidazole rings is 4. The van der Waals surface area contributed by atoms with Gasteiger partial charge in [-0.25, -0.2) is 19.9 Å². The van der Waals surface area contributed by atoms with E-state index in [0.29, 0.717) is 0 Å². The molecule has 12 heteroatoms. The standard InChI is InChI=1S/C27H16O.C24H22N2Si.2C21H14N2.C19H13BrN2.C5H10Si/c28-27-23(18-9-3-1-4-10-18)25-20-15-7-13-17-14-8-16-21(22(17)20)26(25)24(27)19-11-5-2-6-12-19;1-27(2,3)18-17-19-13-15-20(16-14-19)24-25-22-11-7-8-12-23(22)26(24)21-9-5-4-6-10-21;2*1-2-16-12-14-17(15-13-16)21-22-19-10-6-7-11-20(19)23(21)18-8-4-3-5-9-18;20-15-12-10-14(11-13-15)19-21-17-8-4-5-9-18(17)22(19)16-6-2-1-3-7-16;1-5-6(2,3)4/h1-16H;4-16H,1-3H3;2*1,3-15H;1-13H;1H,2-4H3. The second-order valence-electron chi connectivity index (χ2n) is 33.1. The number of para-hydroxylation sites is 12. The van der Waals surface area contributed by atoms with Gasteiger partial charge in [0.1, 0.15) is 39.4 Å². The van der Waals surface area contributed by atoms with E-state index >= 15 is 0 Å². The van der Waals surface area contributed by atoms with E-state index in [-0.39, 0.29) is 5.78 Å². The summed E-state index contributed by atoms with van der Waals surface area (Å²) in [6, 6.07) is 140. The van der Waals surface area contributed by atoms with Crippen LogP contribution in [-0.4, -0.2) is 60.1 Å². The molecule has 0 saturated heterocycles. The van der Waals surface area contributed by atoms with Crippen LogP contribution in [0.1, 0.15) is 38.9 Å². The fraction of sp³-hybridized carbons (Fsp3) is 0.0513. The van der Waals surface area contributed by atoms with Crippen molar-refractivity contribution in [1.29, 1.82) is 0 Å². The van der Waals surface area contributed by atoms with E-state index in [9.17, 15) is 4.79 Å². The first-order valence-electron chi connectivity index (χ1n) is 42.8. The molecule has 0 saturated carbocycles. The van der Waals surface area contributed by atoms with Crippen LogP contribution in [0.3, 0.4) is 0 Å². The Morgan fingerprint density at radius 1 is 0.271 bits per heavy atom. The molecule has 16 aromatic carbocycles. The highest BCUT2D eigenvalue weighted by atomic mass is 79.9. The lowest BCUT2D eigenvalue weighted by Gasteiger charge is -2.09. The number of Topliss-reactive ketones (excluding diaryl/α,β-unsaturated/α-hetero) is 1. The number of halogens is 1. The number of terminal acetylenes is 3. The highest BCUT2D eigenvalue weighted by molar-refractivity contribution is 9.10. The maximum atomic E-state index is 13.7. The van der Waals surface area contributed by atoms with E-state index in [1.165, 1.54) is 21.9 Å². The quantitative estimate of drug-likeness (QED) is 0.101. The number of rotatable bonds is 10. The predicted octanol–water partition coefficient (Wildman–Crippen LogP) is 28.5. The first-order chi connectivity index (χ1) is 63.0. The Hall–Kier alpha value is -16.0. The fourth-order valence-corrected chi connectivity index (χ4v) is 16.7. The zero-order valence-electron chi connectivity index (χ0n) is 72.4. The molecule has 20 aromatic rings. The molecule has 0 aliphatic heterocycles. The Bertz CT molecular complexity index is 7470. The lowest BCUT2D eigenvalue weighted by atomic mass is 9.93. The largest absolute Gasteiger partial charge is 0.292 e. The lowest BCUT2D eigenvalue weighted by Crippen LogP contribution is -2.16. The predicted molar refractivity (Wildman–Crippen MR) is 547 cm³/mol. The highest BCUT2D eigenvalue weighted by Gasteiger charge is 2.40. The monoisotopic (exact) mass is 1760 g/mol. The van der Waals surface area contributed by atoms with Crippen LogP contribution in [0.5, 0.6) is 0 Å². The summed E-state index contributed by atoms with van der Waals surface area (Å²) in [4.78, 5) is 33.1. The molecule has 618 valence electrons. The molecule has 0 fully saturated rings. The van der Waals surface area contributed by atoms with Gasteiger partial charge >= 0.3 is 0 Å². The number of carbonyl (C=O) groups is 1. The Morgan fingerprint density at radius 3 is 0.814 bits per heavy atom. The number of aromatic nitrogens is 8. The summed E-state index contributed by atoms with van der Waals surface area (Å²) in [5.41, 5.74) is 34.2. The molecule has 4 aromatic heterocycles. The third-order valence-electron chi connectivity index (χ3n) is 22.0. The molecule has 129 heavy (non-hydrogen) atoms. The Morgan fingerprint density at radius 2 is 0.535 bits per heavy atom. The van der Waals surface area contributed by atoms with Gasteiger partial charge in [-0.2, -0.15) is 0 Å². The molecular formula is C117H89BrN8OSi2. The topological polar surface area (TPSA) is 88.3 Å². The van der Waals surface area contributed by atoms with E-state index in [1.54, 1.807) is 0 Å². The van der Waals surface area contributed by atoms with Crippen molar-refractivity contribution in [3.05, 3.63) is 456 Å². The maximum Gasteiger partial charge on any atom is 0.195 e. The van der Waals surface area contributed by atoms with Gasteiger partial charge in [0, 0.05) is 88.5 Å². The lowest BCUT2D eigenvalue weighted by molar-refractivity contribution is -0.108. The Balaban J connectivity index is 0.000000112. The number of nitrogens with zero attached hydrogens (tertiary/aromatic N) is 8. The molecule has 22 rings (SSSR count). The minimum absolute atomic E-state index is 0.119. The van der Waals surface area contributed by atoms with E-state index in [2.05, 4.69) is 296 Å². The summed E-state index contributed by atoms with van der Waals surface area (Å²) in [6.45, 7) is 13.2. The van der Waals surface area contributed by atoms with Crippen molar-refractivity contribution in [2.24, 2.45) is 0 Å². The molecule has 0 radical (unpaired) electrons. The third-order valence-corrected chi connectivity index (χ3v) is 24.2. The van der Waals surface area contributed by atoms with Crippen LogP contribution >= 0.6 is 15.9 Å². The zero-order valence-corrected chi connectivity index (χ0v) is 75.9. The van der Waals surface area contributed by atoms with Crippen LogP contribution in [0.25, 0.3) is 145 Å². The third kappa shape index (κ3) is 18.7. The van der Waals surface area contributed by atoms with Crippen molar-refractivity contribution >= 4 is 115 Å². The molecule has 0 N–H and O–H groups in total. The van der Waals surface area contributed by atoms with Gasteiger partial charge in [0.15, 0.2) is 5.78 Å². The molecule has 0 atom stereocenters. The van der Waals surface area contributed by atoms with Crippen molar-refractivity contribution in [1.82, 2.24) is 38.2 Å². The summed E-state index contributed by atoms with van der Waals surface area (Å²) in [5.74, 6) is 12.5. The Labute approximate surface area is 764 Å². The fourth-order valence-electron chi connectivity index (χ4n) is 15.9. The average molecular weight is 1760 g/mol. The number of fused-ring (bicyclic) bond motifs is 7. The normalized spacial score (nSPS) is 11.7. The van der Waals surface area contributed by atoms with Crippen molar-refractivity contribution in [3.63, 3.8) is 0 Å². The first-order valence-corrected chi connectivity index (χ1v) is 50.6. The van der Waals surface area contributed by atoms with E-state index < -0.39 is 16.1 Å². The SMILES string of the molecule is Brc1ccc(-c2nc3ccccc3n2-c2ccccc2)cc1.C#C[Si](C)(C)C.C#Cc1ccc(-c2nc3ccccc3n2-c2ccccc2)cc1.C#Cc1ccc(-c2nc3ccccc3n2-c2ccccc2)cc1.C[Si](C)(C)C#Cc1ccc(-c2nc3ccccc3n2-c2ccccc2)cc1.O=C1C(c2ccccc2)=C2C(=C1c1ccccc1)c1cccc3cccc2c13. The smallest absolute Gasteiger partial charge is 0.195 e. The average Bonchev–Trinajstić information content (AvgIpc) is 1.54. The summed E-state index contributed by atoms with van der Waals surface area (Å²) < 4.78 is 9.86. The van der Waals surface area contributed by atoms with E-state index in [1.807, 2.05) is 218 Å². The molecular weight excluding hydrogens is 1670 g/mol. The summed E-state index contributed by atoms with van der Waals surface area (Å²) in [6.07, 6.45) is 16.0. The van der Waals surface area contributed by atoms with Crippen molar-refractivity contribution in [3.8, 4) is 116 Å². The van der Waals surface area contributed by atoms with Crippen LogP contribution in [0.2, 0.25) is 39.3 Å². The molecule has 0 spiro atoms. The van der Waals surface area contributed by atoms with Crippen LogP contribution < -0.4 is 0 Å². The van der Waals surface area contributed by atoms with Gasteiger partial charge in [0.05, 0.1) is 44.1 Å². The van der Waals surface area contributed by atoms with Crippen molar-refractivity contribution in [2.75, 3.05) is 0 Å². The molecule has 4 heterocycles. The summed E-state index contributed by atoms with van der Waals surface area (Å²) in [5, 5.41) is 2.47. The van der Waals surface area contributed by atoms with Crippen molar-refractivity contribution in [2.45, 2.75) is 39.3 Å². The van der Waals surface area contributed by atoms with E-state index in [0.717, 1.165) is 167 Å². The summed E-state index contributed by atoms with van der Waals surface area (Å²) >= 11 is 3.49. The van der Waals surface area contributed by atoms with Gasteiger partial charge in [-0.15, -0.1) is 30.4 Å². The minimum Gasteiger partial charge on any atom is -0.292 e. The first kappa shape index (κ1) is 85.1. The molecule has 0 amide bonds. The number of ketones is 1. The molecule has 0 bridgehead atoms. The van der Waals surface area contributed by atoms with Gasteiger partial charge in [-0.3, -0.25) is 23.1 Å².